The van der Waals surface area contributed by atoms with Crippen molar-refractivity contribution in [2.24, 2.45) is 5.73 Å². The first-order chi connectivity index (χ1) is 8.35. The highest BCUT2D eigenvalue weighted by molar-refractivity contribution is 5.42. The Labute approximate surface area is 101 Å². The number of anilines is 1. The molecule has 0 radical (unpaired) electrons. The number of rotatable bonds is 4. The number of nitrogens with two attached hydrogens (primary N) is 1. The van der Waals surface area contributed by atoms with Crippen molar-refractivity contribution < 1.29 is 9.47 Å². The van der Waals surface area contributed by atoms with E-state index in [2.05, 4.69) is 14.9 Å². The highest BCUT2D eigenvalue weighted by Crippen LogP contribution is 2.19. The fourth-order valence-electron chi connectivity index (χ4n) is 1.87. The quantitative estimate of drug-likeness (QED) is 0.798. The number of hydrogen-bond donors (Lipinski definition) is 1. The first kappa shape index (κ1) is 12.1. The number of aromatic nitrogens is 2. The molecule has 17 heavy (non-hydrogen) atoms. The predicted molar refractivity (Wildman–Crippen MR) is 64.2 cm³/mol. The Balaban J connectivity index is 2.16. The lowest BCUT2D eigenvalue weighted by Crippen LogP contribution is -2.49. The van der Waals surface area contributed by atoms with Crippen molar-refractivity contribution in [3.63, 3.8) is 0 Å². The van der Waals surface area contributed by atoms with Crippen molar-refractivity contribution in [2.45, 2.75) is 13.0 Å². The highest BCUT2D eigenvalue weighted by Gasteiger charge is 2.23. The van der Waals surface area contributed by atoms with Crippen molar-refractivity contribution in [1.82, 2.24) is 9.97 Å². The molecule has 0 bridgehead atoms. The summed E-state index contributed by atoms with van der Waals surface area (Å²) in [5.74, 6) is 1.45. The topological polar surface area (TPSA) is 73.5 Å². The molecule has 6 nitrogen and oxygen atoms in total. The molecule has 1 unspecified atom stereocenters. The van der Waals surface area contributed by atoms with Gasteiger partial charge in [-0.2, -0.15) is 0 Å². The Bertz CT molecular complexity index is 361. The molecule has 2 N–H and O–H groups in total. The maximum atomic E-state index is 5.73. The third-order valence-electron chi connectivity index (χ3n) is 2.71. The maximum Gasteiger partial charge on any atom is 0.218 e. The van der Waals surface area contributed by atoms with Gasteiger partial charge in [-0.05, 0) is 6.92 Å². The number of nitrogens with zero attached hydrogens (tertiary/aromatic N) is 3. The molecule has 1 aromatic rings. The minimum Gasteiger partial charge on any atom is -0.478 e. The summed E-state index contributed by atoms with van der Waals surface area (Å²) in [5, 5.41) is 0. The third-order valence-corrected chi connectivity index (χ3v) is 2.71. The summed E-state index contributed by atoms with van der Waals surface area (Å²) in [6.45, 7) is 5.21. The van der Waals surface area contributed by atoms with Crippen LogP contribution in [-0.4, -0.2) is 48.9 Å². The Hall–Kier alpha value is -1.40. The highest BCUT2D eigenvalue weighted by atomic mass is 16.5. The van der Waals surface area contributed by atoms with Gasteiger partial charge < -0.3 is 20.1 Å². The second-order valence-electron chi connectivity index (χ2n) is 3.81. The standard InChI is InChI=1S/C11H18N4O2/c1-2-17-11-5-10(13-8-14-11)15-3-4-16-7-9(15)6-12/h5,8-9H,2-4,6-7,12H2,1H3. The number of ether oxygens (including phenoxy) is 2. The van der Waals surface area contributed by atoms with Crippen LogP contribution in [0.1, 0.15) is 6.92 Å². The summed E-state index contributed by atoms with van der Waals surface area (Å²) in [7, 11) is 0. The van der Waals surface area contributed by atoms with E-state index >= 15 is 0 Å². The molecule has 2 rings (SSSR count). The van der Waals surface area contributed by atoms with E-state index in [0.29, 0.717) is 32.2 Å². The summed E-state index contributed by atoms with van der Waals surface area (Å²) in [6.07, 6.45) is 1.52. The van der Waals surface area contributed by atoms with Gasteiger partial charge in [-0.25, -0.2) is 9.97 Å². The molecule has 0 aliphatic carbocycles. The van der Waals surface area contributed by atoms with Crippen molar-refractivity contribution >= 4 is 5.82 Å². The molecule has 0 spiro atoms. The van der Waals surface area contributed by atoms with E-state index in [-0.39, 0.29) is 6.04 Å². The molecule has 1 saturated heterocycles. The summed E-state index contributed by atoms with van der Waals surface area (Å²) in [5.41, 5.74) is 5.73. The van der Waals surface area contributed by atoms with E-state index in [4.69, 9.17) is 15.2 Å². The summed E-state index contributed by atoms with van der Waals surface area (Å²) < 4.78 is 10.8. The molecule has 0 saturated carbocycles. The predicted octanol–water partition coefficient (Wildman–Crippen LogP) is 0.0392. The number of hydrogen-bond acceptors (Lipinski definition) is 6. The van der Waals surface area contributed by atoms with Gasteiger partial charge in [-0.15, -0.1) is 0 Å². The Kier molecular flexibility index (Phi) is 4.11. The van der Waals surface area contributed by atoms with Crippen LogP contribution in [0.15, 0.2) is 12.4 Å². The van der Waals surface area contributed by atoms with Gasteiger partial charge in [0, 0.05) is 19.2 Å². The Morgan fingerprint density at radius 3 is 3.24 bits per heavy atom. The van der Waals surface area contributed by atoms with E-state index < -0.39 is 0 Å². The molecule has 1 aliphatic heterocycles. The average Bonchev–Trinajstić information content (AvgIpc) is 2.39. The minimum atomic E-state index is 0.174. The lowest BCUT2D eigenvalue weighted by atomic mass is 10.2. The van der Waals surface area contributed by atoms with Gasteiger partial charge in [0.1, 0.15) is 12.1 Å². The van der Waals surface area contributed by atoms with Gasteiger partial charge in [0.25, 0.3) is 0 Å². The molecule has 1 fully saturated rings. The van der Waals surface area contributed by atoms with Crippen molar-refractivity contribution in [1.29, 1.82) is 0 Å². The zero-order valence-electron chi connectivity index (χ0n) is 10.0. The van der Waals surface area contributed by atoms with Crippen LogP contribution in [0.25, 0.3) is 0 Å². The van der Waals surface area contributed by atoms with E-state index in [1.807, 2.05) is 13.0 Å². The molecule has 0 aromatic carbocycles. The van der Waals surface area contributed by atoms with Crippen LogP contribution in [0.4, 0.5) is 5.82 Å². The van der Waals surface area contributed by atoms with E-state index in [1.165, 1.54) is 6.33 Å². The van der Waals surface area contributed by atoms with E-state index in [1.54, 1.807) is 0 Å². The lowest BCUT2D eigenvalue weighted by molar-refractivity contribution is 0.0958. The van der Waals surface area contributed by atoms with Crippen LogP contribution in [0.2, 0.25) is 0 Å². The zero-order valence-corrected chi connectivity index (χ0v) is 10.0. The zero-order chi connectivity index (χ0) is 12.1. The van der Waals surface area contributed by atoms with Crippen molar-refractivity contribution in [3.8, 4) is 5.88 Å². The Morgan fingerprint density at radius 1 is 1.59 bits per heavy atom. The van der Waals surface area contributed by atoms with Gasteiger partial charge in [-0.1, -0.05) is 0 Å². The van der Waals surface area contributed by atoms with E-state index in [0.717, 1.165) is 12.4 Å². The monoisotopic (exact) mass is 238 g/mol. The molecule has 6 heteroatoms. The van der Waals surface area contributed by atoms with Crippen molar-refractivity contribution in [2.75, 3.05) is 37.8 Å². The summed E-state index contributed by atoms with van der Waals surface area (Å²) in [4.78, 5) is 10.5. The SMILES string of the molecule is CCOc1cc(N2CCOCC2CN)ncn1. The first-order valence-corrected chi connectivity index (χ1v) is 5.84. The third kappa shape index (κ3) is 2.83. The molecule has 1 atom stereocenters. The maximum absolute atomic E-state index is 5.73. The molecule has 2 heterocycles. The Morgan fingerprint density at radius 2 is 2.47 bits per heavy atom. The van der Waals surface area contributed by atoms with Crippen molar-refractivity contribution in [3.05, 3.63) is 12.4 Å². The summed E-state index contributed by atoms with van der Waals surface area (Å²) >= 11 is 0. The molecule has 0 amide bonds. The van der Waals surface area contributed by atoms with Gasteiger partial charge in [0.05, 0.1) is 25.9 Å². The smallest absolute Gasteiger partial charge is 0.218 e. The molecule has 1 aliphatic rings. The second kappa shape index (κ2) is 5.79. The lowest BCUT2D eigenvalue weighted by Gasteiger charge is -2.35. The number of morpholine rings is 1. The molecule has 94 valence electrons. The van der Waals surface area contributed by atoms with Gasteiger partial charge in [0.2, 0.25) is 5.88 Å². The molecule has 1 aromatic heterocycles. The minimum absolute atomic E-state index is 0.174. The average molecular weight is 238 g/mol. The van der Waals surface area contributed by atoms with Crippen LogP contribution < -0.4 is 15.4 Å². The normalized spacial score (nSPS) is 20.4. The molecular weight excluding hydrogens is 220 g/mol. The summed E-state index contributed by atoms with van der Waals surface area (Å²) in [6, 6.07) is 2.02. The van der Waals surface area contributed by atoms with Crippen LogP contribution >= 0.6 is 0 Å². The van der Waals surface area contributed by atoms with Gasteiger partial charge >= 0.3 is 0 Å². The fraction of sp³-hybridized carbons (Fsp3) is 0.636. The van der Waals surface area contributed by atoms with Gasteiger partial charge in [-0.3, -0.25) is 0 Å². The second-order valence-corrected chi connectivity index (χ2v) is 3.81. The van der Waals surface area contributed by atoms with Crippen LogP contribution in [0.5, 0.6) is 5.88 Å². The molecular formula is C11H18N4O2. The largest absolute Gasteiger partial charge is 0.478 e. The van der Waals surface area contributed by atoms with Crippen LogP contribution in [-0.2, 0) is 4.74 Å². The van der Waals surface area contributed by atoms with Crippen LogP contribution in [0.3, 0.4) is 0 Å². The fourth-order valence-corrected chi connectivity index (χ4v) is 1.87. The van der Waals surface area contributed by atoms with E-state index in [9.17, 15) is 0 Å². The van der Waals surface area contributed by atoms with Crippen LogP contribution in [0, 0.1) is 0 Å². The van der Waals surface area contributed by atoms with Gasteiger partial charge in [0.15, 0.2) is 0 Å². The first-order valence-electron chi connectivity index (χ1n) is 5.84.